The Morgan fingerprint density at radius 1 is 1.44 bits per heavy atom. The maximum atomic E-state index is 11.5. The van der Waals surface area contributed by atoms with Gasteiger partial charge in [-0.15, -0.1) is 0 Å². The Morgan fingerprint density at radius 2 is 2.22 bits per heavy atom. The number of imidazole rings is 1. The number of amides is 2. The van der Waals surface area contributed by atoms with Crippen LogP contribution in [0.4, 0.5) is 4.79 Å². The third-order valence-electron chi connectivity index (χ3n) is 2.54. The van der Waals surface area contributed by atoms with Crippen LogP contribution in [-0.4, -0.2) is 22.0 Å². The number of H-pyrrole nitrogens is 1. The smallest absolute Gasteiger partial charge is 0.315 e. The first-order chi connectivity index (χ1) is 8.54. The molecule has 0 unspecified atom stereocenters. The number of carbonyl (C=O) groups excluding carboxylic acids is 1. The number of nitrogens with one attached hydrogen (secondary N) is 3. The van der Waals surface area contributed by atoms with Gasteiger partial charge in [-0.25, -0.2) is 9.78 Å². The highest BCUT2D eigenvalue weighted by Crippen LogP contribution is 2.13. The number of nitrogens with zero attached hydrogens (tertiary/aromatic N) is 1. The molecule has 3 N–H and O–H groups in total. The van der Waals surface area contributed by atoms with Crippen molar-refractivity contribution < 1.29 is 4.79 Å². The van der Waals surface area contributed by atoms with E-state index in [4.69, 9.17) is 0 Å². The third kappa shape index (κ3) is 3.00. The van der Waals surface area contributed by atoms with E-state index >= 15 is 0 Å². The van der Waals surface area contributed by atoms with E-state index in [2.05, 4.69) is 20.6 Å². The van der Waals surface area contributed by atoms with E-state index in [9.17, 15) is 4.79 Å². The van der Waals surface area contributed by atoms with Crippen LogP contribution in [0.25, 0.3) is 11.0 Å². The van der Waals surface area contributed by atoms with E-state index in [-0.39, 0.29) is 12.1 Å². The van der Waals surface area contributed by atoms with Gasteiger partial charge in [0.15, 0.2) is 0 Å². The van der Waals surface area contributed by atoms with Crippen molar-refractivity contribution in [2.45, 2.75) is 33.4 Å². The second kappa shape index (κ2) is 5.08. The first-order valence-electron chi connectivity index (χ1n) is 6.04. The number of hydrogen-bond acceptors (Lipinski definition) is 2. The molecule has 0 fully saturated rings. The minimum Gasteiger partial charge on any atom is -0.342 e. The highest BCUT2D eigenvalue weighted by Gasteiger charge is 2.04. The average molecular weight is 246 g/mol. The van der Waals surface area contributed by atoms with Crippen LogP contribution in [0, 0.1) is 6.92 Å². The molecule has 0 atom stereocenters. The van der Waals surface area contributed by atoms with Crippen molar-refractivity contribution in [3.63, 3.8) is 0 Å². The minimum atomic E-state index is -0.147. The quantitative estimate of drug-likeness (QED) is 0.776. The summed E-state index contributed by atoms with van der Waals surface area (Å²) in [5.74, 6) is 0.896. The number of carbonyl (C=O) groups is 1. The van der Waals surface area contributed by atoms with Gasteiger partial charge in [-0.1, -0.05) is 6.07 Å². The predicted octanol–water partition coefficient (Wildman–Crippen LogP) is 2.08. The zero-order valence-corrected chi connectivity index (χ0v) is 10.9. The van der Waals surface area contributed by atoms with Gasteiger partial charge in [0.25, 0.3) is 0 Å². The third-order valence-corrected chi connectivity index (χ3v) is 2.54. The van der Waals surface area contributed by atoms with E-state index in [1.54, 1.807) is 0 Å². The van der Waals surface area contributed by atoms with Gasteiger partial charge in [-0.3, -0.25) is 0 Å². The number of aromatic amines is 1. The van der Waals surface area contributed by atoms with Crippen molar-refractivity contribution in [1.29, 1.82) is 0 Å². The molecule has 0 spiro atoms. The molecule has 0 saturated heterocycles. The van der Waals surface area contributed by atoms with E-state index in [1.807, 2.05) is 39.0 Å². The monoisotopic (exact) mass is 246 g/mol. The molecule has 0 aliphatic rings. The van der Waals surface area contributed by atoms with Gasteiger partial charge in [0.2, 0.25) is 0 Å². The molecule has 2 amide bonds. The molecule has 2 rings (SSSR count). The zero-order valence-electron chi connectivity index (χ0n) is 10.9. The Hall–Kier alpha value is -2.04. The number of aryl methyl sites for hydroxylation is 1. The van der Waals surface area contributed by atoms with E-state index in [0.717, 1.165) is 22.4 Å². The summed E-state index contributed by atoms with van der Waals surface area (Å²) >= 11 is 0. The van der Waals surface area contributed by atoms with Crippen LogP contribution in [0.3, 0.4) is 0 Å². The van der Waals surface area contributed by atoms with E-state index in [1.165, 1.54) is 0 Å². The fourth-order valence-electron chi connectivity index (χ4n) is 1.79. The van der Waals surface area contributed by atoms with Gasteiger partial charge < -0.3 is 15.6 Å². The summed E-state index contributed by atoms with van der Waals surface area (Å²) in [7, 11) is 0. The second-order valence-electron chi connectivity index (χ2n) is 4.66. The molecular formula is C13H18N4O. The molecule has 1 heterocycles. The Morgan fingerprint density at radius 3 is 2.94 bits per heavy atom. The molecule has 2 aromatic rings. The largest absolute Gasteiger partial charge is 0.342 e. The first-order valence-corrected chi connectivity index (χ1v) is 6.04. The van der Waals surface area contributed by atoms with Crippen molar-refractivity contribution in [2.24, 2.45) is 0 Å². The lowest BCUT2D eigenvalue weighted by molar-refractivity contribution is 0.238. The summed E-state index contributed by atoms with van der Waals surface area (Å²) in [5, 5.41) is 5.60. The number of benzene rings is 1. The second-order valence-corrected chi connectivity index (χ2v) is 4.66. The summed E-state index contributed by atoms with van der Waals surface area (Å²) in [6, 6.07) is 5.92. The standard InChI is InChI=1S/C13H18N4O/c1-8(2)15-13(18)14-7-10-4-5-11-12(6-10)17-9(3)16-11/h4-6,8H,7H2,1-3H3,(H,16,17)(H2,14,15,18). The molecule has 96 valence electrons. The fourth-order valence-corrected chi connectivity index (χ4v) is 1.79. The molecule has 5 heteroatoms. The van der Waals surface area contributed by atoms with Gasteiger partial charge in [-0.05, 0) is 38.5 Å². The van der Waals surface area contributed by atoms with Crippen molar-refractivity contribution in [3.8, 4) is 0 Å². The van der Waals surface area contributed by atoms with E-state index < -0.39 is 0 Å². The summed E-state index contributed by atoms with van der Waals surface area (Å²) in [4.78, 5) is 19.0. The van der Waals surface area contributed by atoms with Crippen molar-refractivity contribution in [2.75, 3.05) is 0 Å². The molecule has 0 saturated carbocycles. The molecule has 1 aromatic carbocycles. The Balaban J connectivity index is 2.01. The average Bonchev–Trinajstić information content (AvgIpc) is 2.64. The number of rotatable bonds is 3. The number of hydrogen-bond donors (Lipinski definition) is 3. The van der Waals surface area contributed by atoms with Crippen LogP contribution in [0.15, 0.2) is 18.2 Å². The molecular weight excluding hydrogens is 228 g/mol. The molecule has 5 nitrogen and oxygen atoms in total. The lowest BCUT2D eigenvalue weighted by Gasteiger charge is -2.10. The summed E-state index contributed by atoms with van der Waals surface area (Å²) in [6.45, 7) is 6.29. The lowest BCUT2D eigenvalue weighted by Crippen LogP contribution is -2.39. The van der Waals surface area contributed by atoms with Gasteiger partial charge >= 0.3 is 6.03 Å². The predicted molar refractivity (Wildman–Crippen MR) is 71.3 cm³/mol. The lowest BCUT2D eigenvalue weighted by atomic mass is 10.2. The van der Waals surface area contributed by atoms with Crippen LogP contribution in [-0.2, 0) is 6.54 Å². The van der Waals surface area contributed by atoms with Crippen LogP contribution in [0.5, 0.6) is 0 Å². The van der Waals surface area contributed by atoms with Crippen LogP contribution in [0.2, 0.25) is 0 Å². The van der Waals surface area contributed by atoms with E-state index in [0.29, 0.717) is 6.54 Å². The Bertz CT molecular complexity index is 559. The maximum absolute atomic E-state index is 11.5. The zero-order chi connectivity index (χ0) is 13.1. The van der Waals surface area contributed by atoms with Gasteiger partial charge in [0.05, 0.1) is 11.0 Å². The van der Waals surface area contributed by atoms with Crippen LogP contribution >= 0.6 is 0 Å². The summed E-state index contributed by atoms with van der Waals surface area (Å²) in [5.41, 5.74) is 2.99. The molecule has 0 aliphatic heterocycles. The molecule has 0 radical (unpaired) electrons. The highest BCUT2D eigenvalue weighted by atomic mass is 16.2. The highest BCUT2D eigenvalue weighted by molar-refractivity contribution is 5.76. The van der Waals surface area contributed by atoms with Gasteiger partial charge in [0, 0.05) is 12.6 Å². The fraction of sp³-hybridized carbons (Fsp3) is 0.385. The molecule has 1 aromatic heterocycles. The number of aromatic nitrogens is 2. The first kappa shape index (κ1) is 12.4. The maximum Gasteiger partial charge on any atom is 0.315 e. The topological polar surface area (TPSA) is 69.8 Å². The normalized spacial score (nSPS) is 10.9. The van der Waals surface area contributed by atoms with Crippen LogP contribution < -0.4 is 10.6 Å². The van der Waals surface area contributed by atoms with Crippen molar-refractivity contribution in [3.05, 3.63) is 29.6 Å². The summed E-state index contributed by atoms with van der Waals surface area (Å²) < 4.78 is 0. The molecule has 0 aliphatic carbocycles. The van der Waals surface area contributed by atoms with Gasteiger partial charge in [0.1, 0.15) is 5.82 Å². The van der Waals surface area contributed by atoms with Crippen LogP contribution in [0.1, 0.15) is 25.2 Å². The minimum absolute atomic E-state index is 0.141. The number of fused-ring (bicyclic) bond motifs is 1. The molecule has 0 bridgehead atoms. The SMILES string of the molecule is Cc1nc2ccc(CNC(=O)NC(C)C)cc2[nH]1. The summed E-state index contributed by atoms with van der Waals surface area (Å²) in [6.07, 6.45) is 0. The molecule has 18 heavy (non-hydrogen) atoms. The van der Waals surface area contributed by atoms with Gasteiger partial charge in [-0.2, -0.15) is 0 Å². The number of urea groups is 1. The Labute approximate surface area is 106 Å². The van der Waals surface area contributed by atoms with Crippen molar-refractivity contribution in [1.82, 2.24) is 20.6 Å². The van der Waals surface area contributed by atoms with Crippen molar-refractivity contribution >= 4 is 17.1 Å². The Kier molecular flexibility index (Phi) is 3.50.